The number of carbonyl (C=O) groups is 1. The van der Waals surface area contributed by atoms with Crippen LogP contribution in [0.15, 0.2) is 0 Å². The number of aromatic nitrogens is 1. The summed E-state index contributed by atoms with van der Waals surface area (Å²) in [7, 11) is 1.77. The first kappa shape index (κ1) is 13.1. The Hall–Kier alpha value is -1.30. The largest absolute Gasteiger partial charge is 0.382 e. The highest BCUT2D eigenvalue weighted by Crippen LogP contribution is 2.32. The summed E-state index contributed by atoms with van der Waals surface area (Å²) in [5.41, 5.74) is 6.00. The molecule has 1 amide bonds. The first-order valence-electron chi connectivity index (χ1n) is 6.16. The molecule has 100 valence electrons. The number of anilines is 2. The van der Waals surface area contributed by atoms with Crippen LogP contribution in [-0.2, 0) is 0 Å². The number of amides is 1. The van der Waals surface area contributed by atoms with Crippen molar-refractivity contribution in [2.45, 2.75) is 26.7 Å². The van der Waals surface area contributed by atoms with Gasteiger partial charge in [0.05, 0.1) is 0 Å². The third-order valence-electron chi connectivity index (χ3n) is 3.25. The van der Waals surface area contributed by atoms with Crippen LogP contribution >= 0.6 is 11.3 Å². The molecule has 18 heavy (non-hydrogen) atoms. The van der Waals surface area contributed by atoms with Crippen molar-refractivity contribution in [3.8, 4) is 0 Å². The Morgan fingerprint density at radius 2 is 2.28 bits per heavy atom. The van der Waals surface area contributed by atoms with E-state index in [2.05, 4.69) is 24.1 Å². The molecule has 0 bridgehead atoms. The zero-order valence-electron chi connectivity index (χ0n) is 11.1. The Kier molecular flexibility index (Phi) is 3.47. The van der Waals surface area contributed by atoms with Crippen molar-refractivity contribution in [1.82, 2.24) is 9.88 Å². The van der Waals surface area contributed by atoms with Crippen molar-refractivity contribution in [3.63, 3.8) is 0 Å². The number of nitrogen functional groups attached to an aromatic ring is 1. The van der Waals surface area contributed by atoms with E-state index in [9.17, 15) is 4.79 Å². The van der Waals surface area contributed by atoms with Gasteiger partial charge in [-0.25, -0.2) is 4.98 Å². The molecule has 0 unspecified atom stereocenters. The van der Waals surface area contributed by atoms with Gasteiger partial charge in [0, 0.05) is 20.1 Å². The van der Waals surface area contributed by atoms with Gasteiger partial charge in [-0.05, 0) is 18.3 Å². The second-order valence-electron chi connectivity index (χ2n) is 5.48. The molecule has 1 aliphatic heterocycles. The number of nitrogens with zero attached hydrogens (tertiary/aromatic N) is 2. The molecule has 6 heteroatoms. The van der Waals surface area contributed by atoms with Crippen LogP contribution in [-0.4, -0.2) is 35.9 Å². The maximum atomic E-state index is 12.4. The van der Waals surface area contributed by atoms with Gasteiger partial charge in [-0.1, -0.05) is 25.2 Å². The smallest absolute Gasteiger partial charge is 0.267 e. The van der Waals surface area contributed by atoms with E-state index in [0.29, 0.717) is 15.8 Å². The fourth-order valence-corrected chi connectivity index (χ4v) is 3.14. The van der Waals surface area contributed by atoms with Crippen LogP contribution in [0.25, 0.3) is 0 Å². The van der Waals surface area contributed by atoms with Gasteiger partial charge in [-0.2, -0.15) is 0 Å². The van der Waals surface area contributed by atoms with Gasteiger partial charge in [-0.3, -0.25) is 4.79 Å². The lowest BCUT2D eigenvalue weighted by atomic mass is 9.84. The topological polar surface area (TPSA) is 71.2 Å². The van der Waals surface area contributed by atoms with Crippen molar-refractivity contribution in [2.75, 3.05) is 31.2 Å². The van der Waals surface area contributed by atoms with E-state index in [1.54, 1.807) is 7.05 Å². The number of rotatable bonds is 2. The van der Waals surface area contributed by atoms with Gasteiger partial charge < -0.3 is 16.0 Å². The Balaban J connectivity index is 2.17. The second-order valence-corrected chi connectivity index (χ2v) is 6.48. The van der Waals surface area contributed by atoms with Crippen LogP contribution < -0.4 is 11.1 Å². The molecule has 1 fully saturated rings. The van der Waals surface area contributed by atoms with Crippen molar-refractivity contribution >= 4 is 28.2 Å². The monoisotopic (exact) mass is 268 g/mol. The van der Waals surface area contributed by atoms with Crippen molar-refractivity contribution in [3.05, 3.63) is 4.88 Å². The number of hydrogen-bond donors (Lipinski definition) is 2. The average molecular weight is 268 g/mol. The zero-order chi connectivity index (χ0) is 13.3. The minimum absolute atomic E-state index is 0.0132. The van der Waals surface area contributed by atoms with Crippen LogP contribution in [0.3, 0.4) is 0 Å². The Labute approximate surface area is 111 Å². The highest BCUT2D eigenvalue weighted by molar-refractivity contribution is 7.18. The first-order valence-corrected chi connectivity index (χ1v) is 6.98. The second kappa shape index (κ2) is 4.76. The quantitative estimate of drug-likeness (QED) is 0.861. The Morgan fingerprint density at radius 3 is 2.83 bits per heavy atom. The van der Waals surface area contributed by atoms with Gasteiger partial charge in [-0.15, -0.1) is 0 Å². The van der Waals surface area contributed by atoms with Crippen molar-refractivity contribution in [2.24, 2.45) is 5.41 Å². The minimum Gasteiger partial charge on any atom is -0.382 e. The number of piperidine rings is 1. The predicted molar refractivity (Wildman–Crippen MR) is 75.0 cm³/mol. The van der Waals surface area contributed by atoms with Gasteiger partial charge in [0.25, 0.3) is 5.91 Å². The van der Waals surface area contributed by atoms with E-state index < -0.39 is 0 Å². The fourth-order valence-electron chi connectivity index (χ4n) is 2.33. The lowest BCUT2D eigenvalue weighted by Crippen LogP contribution is -2.43. The summed E-state index contributed by atoms with van der Waals surface area (Å²) >= 11 is 1.32. The molecule has 1 saturated heterocycles. The minimum atomic E-state index is 0.0132. The number of likely N-dealkylation sites (tertiary alicyclic amines) is 1. The molecule has 5 nitrogen and oxygen atoms in total. The summed E-state index contributed by atoms with van der Waals surface area (Å²) in [5.74, 6) is 0.344. The molecular formula is C12H20N4OS. The van der Waals surface area contributed by atoms with Gasteiger partial charge in [0.15, 0.2) is 5.13 Å². The van der Waals surface area contributed by atoms with Crippen LogP contribution in [0.4, 0.5) is 10.9 Å². The molecule has 0 spiro atoms. The molecule has 0 aliphatic carbocycles. The molecule has 1 aromatic heterocycles. The van der Waals surface area contributed by atoms with Gasteiger partial charge >= 0.3 is 0 Å². The Bertz CT molecular complexity index is 455. The van der Waals surface area contributed by atoms with E-state index >= 15 is 0 Å². The van der Waals surface area contributed by atoms with Crippen molar-refractivity contribution in [1.29, 1.82) is 0 Å². The highest BCUT2D eigenvalue weighted by atomic mass is 32.1. The molecular weight excluding hydrogens is 248 g/mol. The lowest BCUT2D eigenvalue weighted by molar-refractivity contribution is 0.0589. The molecule has 2 heterocycles. The van der Waals surface area contributed by atoms with E-state index in [1.807, 2.05) is 4.90 Å². The molecule has 0 atom stereocenters. The number of nitrogens with two attached hydrogens (primary N) is 1. The van der Waals surface area contributed by atoms with E-state index in [4.69, 9.17) is 5.73 Å². The summed E-state index contributed by atoms with van der Waals surface area (Å²) in [5, 5.41) is 3.61. The van der Waals surface area contributed by atoms with E-state index in [0.717, 1.165) is 25.9 Å². The summed E-state index contributed by atoms with van der Waals surface area (Å²) < 4.78 is 0. The third-order valence-corrected chi connectivity index (χ3v) is 4.33. The standard InChI is InChI=1S/C12H20N4OS/c1-12(2)5-4-6-16(7-12)10(17)8-9(13)15-11(14-3)18-8/h4-7,13H2,1-3H3,(H,14,15). The summed E-state index contributed by atoms with van der Waals surface area (Å²) in [6, 6.07) is 0. The van der Waals surface area contributed by atoms with Crippen LogP contribution in [0.5, 0.6) is 0 Å². The molecule has 3 N–H and O–H groups in total. The SMILES string of the molecule is CNc1nc(N)c(C(=O)N2CCCC(C)(C)C2)s1. The summed E-state index contributed by atoms with van der Waals surface area (Å²) in [6.07, 6.45) is 2.22. The normalized spacial score (nSPS) is 18.7. The van der Waals surface area contributed by atoms with Crippen LogP contribution in [0.1, 0.15) is 36.4 Å². The predicted octanol–water partition coefficient (Wildman–Crippen LogP) is 2.03. The van der Waals surface area contributed by atoms with Crippen molar-refractivity contribution < 1.29 is 4.79 Å². The summed E-state index contributed by atoms with van der Waals surface area (Å²) in [6.45, 7) is 6.00. The highest BCUT2D eigenvalue weighted by Gasteiger charge is 2.31. The first-order chi connectivity index (χ1) is 8.43. The maximum Gasteiger partial charge on any atom is 0.267 e. The van der Waals surface area contributed by atoms with Crippen LogP contribution in [0.2, 0.25) is 0 Å². The van der Waals surface area contributed by atoms with E-state index in [-0.39, 0.29) is 11.3 Å². The Morgan fingerprint density at radius 1 is 1.56 bits per heavy atom. The molecule has 0 aromatic carbocycles. The number of nitrogens with one attached hydrogen (secondary N) is 1. The third kappa shape index (κ3) is 2.58. The number of thiazole rings is 1. The molecule has 1 aliphatic rings. The fraction of sp³-hybridized carbons (Fsp3) is 0.667. The lowest BCUT2D eigenvalue weighted by Gasteiger charge is -2.37. The molecule has 0 saturated carbocycles. The number of carbonyl (C=O) groups excluding carboxylic acids is 1. The molecule has 2 rings (SSSR count). The van der Waals surface area contributed by atoms with Gasteiger partial charge in [0.1, 0.15) is 10.7 Å². The average Bonchev–Trinajstić information content (AvgIpc) is 2.68. The van der Waals surface area contributed by atoms with E-state index in [1.165, 1.54) is 11.3 Å². The zero-order valence-corrected chi connectivity index (χ0v) is 11.9. The van der Waals surface area contributed by atoms with Gasteiger partial charge in [0.2, 0.25) is 0 Å². The maximum absolute atomic E-state index is 12.4. The molecule has 0 radical (unpaired) electrons. The number of hydrogen-bond acceptors (Lipinski definition) is 5. The molecule has 1 aromatic rings. The van der Waals surface area contributed by atoms with Crippen LogP contribution in [0, 0.1) is 5.41 Å². The summed E-state index contributed by atoms with van der Waals surface area (Å²) in [4.78, 5) is 19.0.